The molecule has 0 aliphatic rings. The number of halogens is 3. The van der Waals surface area contributed by atoms with Gasteiger partial charge in [0.05, 0.1) is 23.2 Å². The Balaban J connectivity index is 1.57. The molecular formula is C22H19F3N4O2. The lowest BCUT2D eigenvalue weighted by Gasteiger charge is -2.13. The van der Waals surface area contributed by atoms with Gasteiger partial charge in [-0.05, 0) is 48.4 Å². The van der Waals surface area contributed by atoms with E-state index in [2.05, 4.69) is 20.8 Å². The van der Waals surface area contributed by atoms with Gasteiger partial charge in [0.2, 0.25) is 0 Å². The molecule has 0 aliphatic heterocycles. The Labute approximate surface area is 176 Å². The third kappa shape index (κ3) is 4.55. The summed E-state index contributed by atoms with van der Waals surface area (Å²) >= 11 is 0. The van der Waals surface area contributed by atoms with Crippen LogP contribution in [-0.4, -0.2) is 16.7 Å². The number of nitrogens with one attached hydrogen (secondary N) is 2. The van der Waals surface area contributed by atoms with Gasteiger partial charge < -0.3 is 19.5 Å². The molecule has 2 heterocycles. The predicted molar refractivity (Wildman–Crippen MR) is 110 cm³/mol. The molecule has 160 valence electrons. The number of furan rings is 1. The minimum absolute atomic E-state index is 0.000684. The summed E-state index contributed by atoms with van der Waals surface area (Å²) in [5.74, 6) is -2.11. The Morgan fingerprint density at radius 1 is 1.00 bits per heavy atom. The summed E-state index contributed by atoms with van der Waals surface area (Å²) in [6, 6.07) is 10.5. The van der Waals surface area contributed by atoms with Crippen LogP contribution < -0.4 is 10.6 Å². The number of rotatable bonds is 8. The zero-order valence-corrected chi connectivity index (χ0v) is 16.6. The number of anilines is 3. The highest BCUT2D eigenvalue weighted by Gasteiger charge is 2.20. The standard InChI is InChI=1S/C22H19F3N4O2/c1-2-13-5-8-18(17(24)12-13)27-20-15(6-7-16(23)19(20)25)21-28-29-22(31-21)26-10-9-14-4-3-11-30-14/h3-8,11-12,27H,2,9-10H2,1H3,(H,26,29). The minimum Gasteiger partial charge on any atom is -0.469 e. The van der Waals surface area contributed by atoms with Gasteiger partial charge in [-0.25, -0.2) is 13.2 Å². The lowest BCUT2D eigenvalue weighted by atomic mass is 10.1. The van der Waals surface area contributed by atoms with Crippen molar-refractivity contribution < 1.29 is 22.0 Å². The molecule has 6 nitrogen and oxygen atoms in total. The molecule has 4 aromatic rings. The summed E-state index contributed by atoms with van der Waals surface area (Å²) in [5, 5.41) is 13.3. The van der Waals surface area contributed by atoms with Crippen LogP contribution in [0.5, 0.6) is 0 Å². The van der Waals surface area contributed by atoms with Gasteiger partial charge in [0.25, 0.3) is 5.89 Å². The molecule has 0 atom stereocenters. The van der Waals surface area contributed by atoms with Crippen molar-refractivity contribution in [2.75, 3.05) is 17.2 Å². The summed E-state index contributed by atoms with van der Waals surface area (Å²) in [7, 11) is 0. The molecule has 0 aliphatic carbocycles. The highest BCUT2D eigenvalue weighted by Crippen LogP contribution is 2.34. The molecule has 0 radical (unpaired) electrons. The highest BCUT2D eigenvalue weighted by atomic mass is 19.2. The molecule has 9 heteroatoms. The Kier molecular flexibility index (Phi) is 5.92. The molecule has 0 bridgehead atoms. The summed E-state index contributed by atoms with van der Waals surface area (Å²) < 4.78 is 53.7. The number of hydrogen-bond acceptors (Lipinski definition) is 6. The summed E-state index contributed by atoms with van der Waals surface area (Å²) in [5.41, 5.74) is 0.586. The molecule has 2 aromatic carbocycles. The molecule has 0 saturated heterocycles. The van der Waals surface area contributed by atoms with Crippen molar-refractivity contribution in [3.63, 3.8) is 0 Å². The molecule has 4 rings (SSSR count). The SMILES string of the molecule is CCc1ccc(Nc2c(-c3nnc(NCCc4ccco4)o3)ccc(F)c2F)c(F)c1. The van der Waals surface area contributed by atoms with E-state index in [9.17, 15) is 13.2 Å². The van der Waals surface area contributed by atoms with Crippen LogP contribution in [0.2, 0.25) is 0 Å². The fraction of sp³-hybridized carbons (Fsp3) is 0.182. The molecule has 31 heavy (non-hydrogen) atoms. The largest absolute Gasteiger partial charge is 0.469 e. The number of aromatic nitrogens is 2. The molecule has 0 fully saturated rings. The molecular weight excluding hydrogens is 409 g/mol. The maximum atomic E-state index is 14.6. The topological polar surface area (TPSA) is 76.1 Å². The lowest BCUT2D eigenvalue weighted by molar-refractivity contribution is 0.509. The van der Waals surface area contributed by atoms with Crippen molar-refractivity contribution in [2.24, 2.45) is 0 Å². The van der Waals surface area contributed by atoms with E-state index >= 15 is 0 Å². The van der Waals surface area contributed by atoms with Crippen LogP contribution in [0.25, 0.3) is 11.5 Å². The van der Waals surface area contributed by atoms with Gasteiger partial charge in [-0.1, -0.05) is 18.1 Å². The smallest absolute Gasteiger partial charge is 0.315 e. The zero-order chi connectivity index (χ0) is 21.8. The van der Waals surface area contributed by atoms with Gasteiger partial charge in [-0.3, -0.25) is 0 Å². The average molecular weight is 428 g/mol. The van der Waals surface area contributed by atoms with Gasteiger partial charge >= 0.3 is 6.01 Å². The number of aryl methyl sites for hydroxylation is 1. The third-order valence-corrected chi connectivity index (χ3v) is 4.68. The van der Waals surface area contributed by atoms with Crippen molar-refractivity contribution >= 4 is 17.4 Å². The quantitative estimate of drug-likeness (QED) is 0.375. The maximum Gasteiger partial charge on any atom is 0.315 e. The number of nitrogens with zero attached hydrogens (tertiary/aromatic N) is 2. The Morgan fingerprint density at radius 3 is 2.61 bits per heavy atom. The second-order valence-electron chi connectivity index (χ2n) is 6.75. The van der Waals surface area contributed by atoms with E-state index in [4.69, 9.17) is 8.83 Å². The average Bonchev–Trinajstić information content (AvgIpc) is 3.45. The van der Waals surface area contributed by atoms with Crippen LogP contribution in [0.15, 0.2) is 57.6 Å². The maximum absolute atomic E-state index is 14.6. The molecule has 0 spiro atoms. The first-order valence-electron chi connectivity index (χ1n) is 9.68. The van der Waals surface area contributed by atoms with Crippen molar-refractivity contribution in [3.05, 3.63) is 77.5 Å². The van der Waals surface area contributed by atoms with E-state index in [0.717, 1.165) is 17.4 Å². The number of hydrogen-bond donors (Lipinski definition) is 2. The van der Waals surface area contributed by atoms with Crippen LogP contribution in [-0.2, 0) is 12.8 Å². The van der Waals surface area contributed by atoms with Crippen LogP contribution in [0.4, 0.5) is 30.6 Å². The van der Waals surface area contributed by atoms with Crippen molar-refractivity contribution in [1.29, 1.82) is 0 Å². The first-order chi connectivity index (χ1) is 15.0. The number of benzene rings is 2. The summed E-state index contributed by atoms with van der Waals surface area (Å²) in [6.45, 7) is 2.36. The fourth-order valence-electron chi connectivity index (χ4n) is 3.02. The molecule has 0 saturated carbocycles. The second kappa shape index (κ2) is 8.95. The monoisotopic (exact) mass is 428 g/mol. The van der Waals surface area contributed by atoms with Gasteiger partial charge in [0.15, 0.2) is 11.6 Å². The molecule has 0 unspecified atom stereocenters. The van der Waals surface area contributed by atoms with Gasteiger partial charge in [-0.15, -0.1) is 5.10 Å². The first-order valence-corrected chi connectivity index (χ1v) is 9.68. The molecule has 2 N–H and O–H groups in total. The second-order valence-corrected chi connectivity index (χ2v) is 6.75. The van der Waals surface area contributed by atoms with Crippen molar-refractivity contribution in [2.45, 2.75) is 19.8 Å². The van der Waals surface area contributed by atoms with E-state index in [1.54, 1.807) is 18.4 Å². The van der Waals surface area contributed by atoms with Crippen molar-refractivity contribution in [3.8, 4) is 11.5 Å². The first kappa shape index (κ1) is 20.5. The Morgan fingerprint density at radius 2 is 1.87 bits per heavy atom. The van der Waals surface area contributed by atoms with Gasteiger partial charge in [0.1, 0.15) is 11.6 Å². The minimum atomic E-state index is -1.18. The lowest BCUT2D eigenvalue weighted by Crippen LogP contribution is -2.04. The normalized spacial score (nSPS) is 11.0. The van der Waals surface area contributed by atoms with E-state index in [-0.39, 0.29) is 28.8 Å². The predicted octanol–water partition coefficient (Wildman–Crippen LogP) is 5.71. The van der Waals surface area contributed by atoms with E-state index in [0.29, 0.717) is 19.4 Å². The van der Waals surface area contributed by atoms with Gasteiger partial charge in [-0.2, -0.15) is 0 Å². The summed E-state index contributed by atoms with van der Waals surface area (Å²) in [6.07, 6.45) is 2.82. The molecule has 2 aromatic heterocycles. The Hall–Kier alpha value is -3.75. The van der Waals surface area contributed by atoms with E-state index in [1.165, 1.54) is 18.2 Å². The fourth-order valence-corrected chi connectivity index (χ4v) is 3.02. The highest BCUT2D eigenvalue weighted by molar-refractivity contribution is 5.78. The zero-order valence-electron chi connectivity index (χ0n) is 16.6. The van der Waals surface area contributed by atoms with E-state index < -0.39 is 17.5 Å². The third-order valence-electron chi connectivity index (χ3n) is 4.68. The Bertz CT molecular complexity index is 1180. The van der Waals surface area contributed by atoms with Gasteiger partial charge in [0, 0.05) is 13.0 Å². The van der Waals surface area contributed by atoms with Crippen LogP contribution in [0, 0.1) is 17.5 Å². The van der Waals surface area contributed by atoms with Crippen LogP contribution in [0.1, 0.15) is 18.2 Å². The van der Waals surface area contributed by atoms with E-state index in [1.807, 2.05) is 13.0 Å². The van der Waals surface area contributed by atoms with Crippen LogP contribution in [0.3, 0.4) is 0 Å². The summed E-state index contributed by atoms with van der Waals surface area (Å²) in [4.78, 5) is 0. The molecule has 0 amide bonds. The van der Waals surface area contributed by atoms with Crippen molar-refractivity contribution in [1.82, 2.24) is 10.2 Å². The van der Waals surface area contributed by atoms with Crippen LogP contribution >= 0.6 is 0 Å².